The van der Waals surface area contributed by atoms with E-state index in [4.69, 9.17) is 5.73 Å². The molecule has 0 aliphatic heterocycles. The van der Waals surface area contributed by atoms with Crippen LogP contribution in [0.15, 0.2) is 53.7 Å². The Hall–Kier alpha value is -2.54. The van der Waals surface area contributed by atoms with E-state index >= 15 is 0 Å². The molecule has 0 saturated heterocycles. The van der Waals surface area contributed by atoms with E-state index in [1.165, 1.54) is 18.2 Å². The largest absolute Gasteiger partial charge is 0.396 e. The number of anilines is 1. The highest BCUT2D eigenvalue weighted by Crippen LogP contribution is 2.23. The monoisotopic (exact) mass is 360 g/mol. The molecule has 0 spiro atoms. The fraction of sp³-hybridized carbons (Fsp3) is 0.222. The number of nitrogen functional groups attached to an aromatic ring is 1. The number of thiol groups is 1. The maximum absolute atomic E-state index is 13.6. The Morgan fingerprint density at radius 1 is 1.16 bits per heavy atom. The first kappa shape index (κ1) is 18.8. The minimum Gasteiger partial charge on any atom is -0.396 e. The third kappa shape index (κ3) is 4.30. The Labute approximate surface area is 151 Å². The molecule has 2 heterocycles. The lowest BCUT2D eigenvalue weighted by atomic mass is 10.1. The lowest BCUT2D eigenvalue weighted by Crippen LogP contribution is -2.19. The first-order valence-corrected chi connectivity index (χ1v) is 8.73. The molecule has 0 fully saturated rings. The van der Waals surface area contributed by atoms with Crippen LogP contribution in [-0.4, -0.2) is 20.6 Å². The molecule has 0 aliphatic carbocycles. The molecule has 5 nitrogen and oxygen atoms in total. The topological polar surface area (TPSA) is 65.8 Å². The summed E-state index contributed by atoms with van der Waals surface area (Å²) in [4.78, 5) is 11.8. The maximum Gasteiger partial charge on any atom is 0.250 e. The van der Waals surface area contributed by atoms with Gasteiger partial charge < -0.3 is 10.3 Å². The van der Waals surface area contributed by atoms with Crippen LogP contribution in [0.5, 0.6) is 0 Å². The lowest BCUT2D eigenvalue weighted by molar-refractivity contribution is 0.633. The van der Waals surface area contributed by atoms with Crippen molar-refractivity contribution in [3.8, 4) is 16.8 Å². The van der Waals surface area contributed by atoms with Gasteiger partial charge >= 0.3 is 0 Å². The molecule has 0 unspecified atom stereocenters. The number of rotatable bonds is 4. The molecule has 2 aromatic heterocycles. The van der Waals surface area contributed by atoms with E-state index in [-0.39, 0.29) is 11.2 Å². The van der Waals surface area contributed by atoms with Gasteiger partial charge in [0.05, 0.1) is 17.6 Å². The van der Waals surface area contributed by atoms with Crippen molar-refractivity contribution in [3.05, 3.63) is 65.1 Å². The van der Waals surface area contributed by atoms with Gasteiger partial charge in [0.1, 0.15) is 5.82 Å². The summed E-state index contributed by atoms with van der Waals surface area (Å²) in [5, 5.41) is 4.29. The van der Waals surface area contributed by atoms with Crippen LogP contribution >= 0.6 is 12.6 Å². The van der Waals surface area contributed by atoms with Crippen LogP contribution in [-0.2, 0) is 6.54 Å². The van der Waals surface area contributed by atoms with Crippen molar-refractivity contribution in [2.75, 3.05) is 12.0 Å². The van der Waals surface area contributed by atoms with E-state index in [1.54, 1.807) is 46.2 Å². The van der Waals surface area contributed by atoms with Crippen molar-refractivity contribution >= 4 is 18.3 Å². The summed E-state index contributed by atoms with van der Waals surface area (Å²) >= 11 is 3.53. The minimum atomic E-state index is -0.452. The summed E-state index contributed by atoms with van der Waals surface area (Å²) in [6, 6.07) is 7.90. The third-order valence-corrected chi connectivity index (χ3v) is 3.61. The number of hydrogen-bond acceptors (Lipinski definition) is 4. The van der Waals surface area contributed by atoms with Crippen LogP contribution in [0.1, 0.15) is 13.3 Å². The zero-order valence-electron chi connectivity index (χ0n) is 14.2. The smallest absolute Gasteiger partial charge is 0.250 e. The van der Waals surface area contributed by atoms with Crippen molar-refractivity contribution < 1.29 is 4.39 Å². The quantitative estimate of drug-likeness (QED) is 0.554. The van der Waals surface area contributed by atoms with Crippen LogP contribution in [0.2, 0.25) is 0 Å². The van der Waals surface area contributed by atoms with Crippen LogP contribution in [0, 0.1) is 5.82 Å². The number of aryl methyl sites for hydroxylation is 1. The van der Waals surface area contributed by atoms with E-state index in [2.05, 4.69) is 17.7 Å². The summed E-state index contributed by atoms with van der Waals surface area (Å²) in [5.74, 6) is -0.452. The first-order chi connectivity index (χ1) is 12.1. The highest BCUT2D eigenvalue weighted by molar-refractivity contribution is 7.79. The van der Waals surface area contributed by atoms with Crippen molar-refractivity contribution in [2.24, 2.45) is 0 Å². The Kier molecular flexibility index (Phi) is 6.41. The molecule has 7 heteroatoms. The van der Waals surface area contributed by atoms with Gasteiger partial charge in [-0.25, -0.2) is 9.07 Å². The van der Waals surface area contributed by atoms with Gasteiger partial charge in [0.25, 0.3) is 5.56 Å². The van der Waals surface area contributed by atoms with E-state index in [1.807, 2.05) is 6.92 Å². The predicted molar refractivity (Wildman–Crippen MR) is 103 cm³/mol. The Morgan fingerprint density at radius 2 is 1.92 bits per heavy atom. The van der Waals surface area contributed by atoms with E-state index < -0.39 is 5.82 Å². The average Bonchev–Trinajstić information content (AvgIpc) is 3.11. The van der Waals surface area contributed by atoms with Crippen molar-refractivity contribution in [1.29, 1.82) is 0 Å². The van der Waals surface area contributed by atoms with Crippen molar-refractivity contribution in [2.45, 2.75) is 19.9 Å². The van der Waals surface area contributed by atoms with Gasteiger partial charge in [-0.3, -0.25) is 4.79 Å². The fourth-order valence-electron chi connectivity index (χ4n) is 2.39. The molecule has 3 rings (SSSR count). The molecular weight excluding hydrogens is 339 g/mol. The first-order valence-electron chi connectivity index (χ1n) is 7.84. The van der Waals surface area contributed by atoms with Crippen molar-refractivity contribution in [3.63, 3.8) is 0 Å². The van der Waals surface area contributed by atoms with Crippen LogP contribution in [0.4, 0.5) is 10.1 Å². The molecule has 132 valence electrons. The van der Waals surface area contributed by atoms with E-state index in [0.29, 0.717) is 12.1 Å². The standard InChI is InChI=1S/C17H17FN4O.CH4S/c1-2-7-21-11-14(4-6-17(21)23)22-10-13(9-20-22)12-3-5-16(19)15(18)8-12;1-2/h3-6,8-11H,2,7,19H2,1H3;2H,1H3. The van der Waals surface area contributed by atoms with Gasteiger partial charge in [0.15, 0.2) is 0 Å². The molecule has 2 N–H and O–H groups in total. The van der Waals surface area contributed by atoms with Crippen LogP contribution in [0.25, 0.3) is 16.8 Å². The minimum absolute atomic E-state index is 0.0383. The SMILES string of the molecule is CCCn1cc(-n2cc(-c3ccc(N)c(F)c3)cn2)ccc1=O.CS. The summed E-state index contributed by atoms with van der Waals surface area (Å²) in [6.45, 7) is 2.67. The van der Waals surface area contributed by atoms with Gasteiger partial charge in [-0.2, -0.15) is 17.7 Å². The second-order valence-electron chi connectivity index (χ2n) is 5.33. The zero-order valence-corrected chi connectivity index (χ0v) is 15.1. The van der Waals surface area contributed by atoms with Gasteiger partial charge in [-0.1, -0.05) is 13.0 Å². The highest BCUT2D eigenvalue weighted by Gasteiger charge is 2.07. The molecule has 0 radical (unpaired) electrons. The number of aromatic nitrogens is 3. The fourth-order valence-corrected chi connectivity index (χ4v) is 2.39. The highest BCUT2D eigenvalue weighted by atomic mass is 32.1. The molecule has 3 aromatic rings. The summed E-state index contributed by atoms with van der Waals surface area (Å²) in [7, 11) is 0. The lowest BCUT2D eigenvalue weighted by Gasteiger charge is -2.06. The molecule has 0 saturated carbocycles. The Balaban J connectivity index is 0.00000109. The number of halogens is 1. The second kappa shape index (κ2) is 8.53. The molecule has 1 aromatic carbocycles. The van der Waals surface area contributed by atoms with Gasteiger partial charge in [0.2, 0.25) is 0 Å². The molecular formula is C18H21FN4OS. The number of hydrogen-bond donors (Lipinski definition) is 2. The second-order valence-corrected chi connectivity index (χ2v) is 5.33. The predicted octanol–water partition coefficient (Wildman–Crippen LogP) is 3.38. The van der Waals surface area contributed by atoms with Gasteiger partial charge in [-0.15, -0.1) is 0 Å². The summed E-state index contributed by atoms with van der Waals surface area (Å²) in [6.07, 6.45) is 7.78. The molecule has 0 bridgehead atoms. The third-order valence-electron chi connectivity index (χ3n) is 3.61. The molecule has 25 heavy (non-hydrogen) atoms. The number of nitrogens with two attached hydrogens (primary N) is 1. The summed E-state index contributed by atoms with van der Waals surface area (Å²) < 4.78 is 16.9. The summed E-state index contributed by atoms with van der Waals surface area (Å²) in [5.41, 5.74) is 7.83. The van der Waals surface area contributed by atoms with Gasteiger partial charge in [0, 0.05) is 30.6 Å². The Bertz CT molecular complexity index is 904. The molecule has 0 amide bonds. The molecule has 0 atom stereocenters. The van der Waals surface area contributed by atoms with E-state index in [9.17, 15) is 9.18 Å². The van der Waals surface area contributed by atoms with Gasteiger partial charge in [-0.05, 0) is 36.4 Å². The van der Waals surface area contributed by atoms with E-state index in [0.717, 1.165) is 17.7 Å². The number of benzene rings is 1. The number of nitrogens with zero attached hydrogens (tertiary/aromatic N) is 3. The van der Waals surface area contributed by atoms with Crippen LogP contribution in [0.3, 0.4) is 0 Å². The van der Waals surface area contributed by atoms with Crippen molar-refractivity contribution in [1.82, 2.24) is 14.3 Å². The van der Waals surface area contributed by atoms with Crippen LogP contribution < -0.4 is 11.3 Å². The molecule has 0 aliphatic rings. The number of pyridine rings is 1. The zero-order chi connectivity index (χ0) is 18.4. The average molecular weight is 360 g/mol. The normalized spacial score (nSPS) is 10.2. The maximum atomic E-state index is 13.6. The Morgan fingerprint density at radius 3 is 2.60 bits per heavy atom.